The molecule has 0 fully saturated rings. The summed E-state index contributed by atoms with van der Waals surface area (Å²) < 4.78 is 0. The van der Waals surface area contributed by atoms with Crippen molar-refractivity contribution in [2.75, 3.05) is 0 Å². The van der Waals surface area contributed by atoms with E-state index in [0.717, 1.165) is 17.0 Å². The quantitative estimate of drug-likeness (QED) is 0.718. The van der Waals surface area contributed by atoms with E-state index in [4.69, 9.17) is 34.8 Å². The highest BCUT2D eigenvalue weighted by Crippen LogP contribution is 2.13. The van der Waals surface area contributed by atoms with Crippen LogP contribution in [0.15, 0.2) is 12.1 Å². The lowest BCUT2D eigenvalue weighted by molar-refractivity contribution is 1.05. The molecule has 0 aliphatic heterocycles. The van der Waals surface area contributed by atoms with Crippen LogP contribution in [0.4, 0.5) is 0 Å². The van der Waals surface area contributed by atoms with E-state index in [0.29, 0.717) is 17.6 Å². The number of aromatic nitrogens is 1. The van der Waals surface area contributed by atoms with Gasteiger partial charge in [0.1, 0.15) is 0 Å². The molecule has 4 heteroatoms. The summed E-state index contributed by atoms with van der Waals surface area (Å²) in [7, 11) is 0. The minimum atomic E-state index is 0.382. The van der Waals surface area contributed by atoms with Gasteiger partial charge < -0.3 is 0 Å². The second-order valence-electron chi connectivity index (χ2n) is 2.31. The molecule has 0 amide bonds. The van der Waals surface area contributed by atoms with Crippen molar-refractivity contribution in [3.8, 4) is 0 Å². The van der Waals surface area contributed by atoms with Crippen LogP contribution in [0, 0.1) is 0 Å². The van der Waals surface area contributed by atoms with E-state index in [1.165, 1.54) is 0 Å². The molecule has 0 N–H and O–H groups in total. The van der Waals surface area contributed by atoms with Crippen LogP contribution in [-0.4, -0.2) is 4.98 Å². The molecule has 1 heterocycles. The standard InChI is InChI=1S/C8H8Cl3N/c9-3-6-1-2-7(4-10)12-8(6)5-11/h1-2H,3-5H2. The fourth-order valence-corrected chi connectivity index (χ4v) is 1.51. The van der Waals surface area contributed by atoms with E-state index in [2.05, 4.69) is 4.98 Å². The van der Waals surface area contributed by atoms with Gasteiger partial charge >= 0.3 is 0 Å². The highest BCUT2D eigenvalue weighted by atomic mass is 35.5. The molecule has 1 nitrogen and oxygen atoms in total. The van der Waals surface area contributed by atoms with E-state index in [-0.39, 0.29) is 0 Å². The molecule has 1 aromatic rings. The fraction of sp³-hybridized carbons (Fsp3) is 0.375. The van der Waals surface area contributed by atoms with Crippen LogP contribution >= 0.6 is 34.8 Å². The highest BCUT2D eigenvalue weighted by molar-refractivity contribution is 6.18. The smallest absolute Gasteiger partial charge is 0.0650 e. The summed E-state index contributed by atoms with van der Waals surface area (Å²) in [5, 5.41) is 0. The number of hydrogen-bond acceptors (Lipinski definition) is 1. The third kappa shape index (κ3) is 2.25. The van der Waals surface area contributed by atoms with Crippen molar-refractivity contribution in [1.82, 2.24) is 4.98 Å². The van der Waals surface area contributed by atoms with Crippen molar-refractivity contribution in [2.24, 2.45) is 0 Å². The predicted octanol–water partition coefficient (Wildman–Crippen LogP) is 3.30. The molecule has 1 aromatic heterocycles. The van der Waals surface area contributed by atoms with Gasteiger partial charge in [-0.3, -0.25) is 4.98 Å². The van der Waals surface area contributed by atoms with Gasteiger partial charge in [-0.1, -0.05) is 6.07 Å². The van der Waals surface area contributed by atoms with Crippen molar-refractivity contribution >= 4 is 34.8 Å². The molecule has 0 saturated heterocycles. The first kappa shape index (κ1) is 10.1. The van der Waals surface area contributed by atoms with Crippen LogP contribution in [0.2, 0.25) is 0 Å². The second kappa shape index (κ2) is 4.90. The lowest BCUT2D eigenvalue weighted by Gasteiger charge is -2.03. The number of hydrogen-bond donors (Lipinski definition) is 0. The Bertz CT molecular complexity index is 262. The molecule has 0 saturated carbocycles. The molecule has 1 rings (SSSR count). The van der Waals surface area contributed by atoms with Crippen LogP contribution in [0.1, 0.15) is 17.0 Å². The van der Waals surface area contributed by atoms with Gasteiger partial charge in [-0.2, -0.15) is 0 Å². The summed E-state index contributed by atoms with van der Waals surface area (Å²) in [5.74, 6) is 1.23. The summed E-state index contributed by atoms with van der Waals surface area (Å²) in [6.07, 6.45) is 0. The van der Waals surface area contributed by atoms with Crippen LogP contribution < -0.4 is 0 Å². The number of rotatable bonds is 3. The van der Waals surface area contributed by atoms with Crippen molar-refractivity contribution < 1.29 is 0 Å². The number of nitrogens with zero attached hydrogens (tertiary/aromatic N) is 1. The third-order valence-corrected chi connectivity index (χ3v) is 2.35. The Balaban J connectivity index is 3.02. The lowest BCUT2D eigenvalue weighted by atomic mass is 10.2. The Morgan fingerprint density at radius 2 is 1.75 bits per heavy atom. The van der Waals surface area contributed by atoms with Crippen LogP contribution in [-0.2, 0) is 17.6 Å². The summed E-state index contributed by atoms with van der Waals surface area (Å²) in [6, 6.07) is 3.77. The molecule has 0 bridgehead atoms. The maximum atomic E-state index is 5.68. The monoisotopic (exact) mass is 223 g/mol. The zero-order chi connectivity index (χ0) is 8.97. The molecule has 66 valence electrons. The molecule has 0 aliphatic rings. The van der Waals surface area contributed by atoms with Crippen LogP contribution in [0.5, 0.6) is 0 Å². The SMILES string of the molecule is ClCc1ccc(CCl)c(CCl)n1. The van der Waals surface area contributed by atoms with E-state index in [1.807, 2.05) is 12.1 Å². The number of pyridine rings is 1. The first-order chi connectivity index (χ1) is 5.81. The largest absolute Gasteiger partial charge is 0.255 e. The first-order valence-electron chi connectivity index (χ1n) is 3.47. The van der Waals surface area contributed by atoms with Crippen LogP contribution in [0.25, 0.3) is 0 Å². The summed E-state index contributed by atoms with van der Waals surface area (Å²) >= 11 is 17.0. The summed E-state index contributed by atoms with van der Waals surface area (Å²) in [4.78, 5) is 4.23. The summed E-state index contributed by atoms with van der Waals surface area (Å²) in [6.45, 7) is 0. The van der Waals surface area contributed by atoms with Crippen LogP contribution in [0.3, 0.4) is 0 Å². The van der Waals surface area contributed by atoms with Gasteiger partial charge in [-0.25, -0.2) is 0 Å². The zero-order valence-corrected chi connectivity index (χ0v) is 8.62. The van der Waals surface area contributed by atoms with Gasteiger partial charge in [0.25, 0.3) is 0 Å². The molecular formula is C8H8Cl3N. The second-order valence-corrected chi connectivity index (χ2v) is 3.11. The van der Waals surface area contributed by atoms with Gasteiger partial charge in [-0.15, -0.1) is 34.8 Å². The molecular weight excluding hydrogens is 216 g/mol. The molecule has 0 spiro atoms. The van der Waals surface area contributed by atoms with Gasteiger partial charge in [0.15, 0.2) is 0 Å². The molecule has 0 aliphatic carbocycles. The summed E-state index contributed by atoms with van der Waals surface area (Å²) in [5.41, 5.74) is 2.63. The topological polar surface area (TPSA) is 12.9 Å². The molecule has 0 aromatic carbocycles. The Hall–Kier alpha value is 0.0200. The maximum Gasteiger partial charge on any atom is 0.0650 e. The average molecular weight is 225 g/mol. The number of alkyl halides is 3. The van der Waals surface area contributed by atoms with Gasteiger partial charge in [0.2, 0.25) is 0 Å². The Morgan fingerprint density at radius 3 is 2.25 bits per heavy atom. The normalized spacial score (nSPS) is 10.2. The number of halogens is 3. The maximum absolute atomic E-state index is 5.68. The average Bonchev–Trinajstić information content (AvgIpc) is 2.16. The predicted molar refractivity (Wildman–Crippen MR) is 52.9 cm³/mol. The van der Waals surface area contributed by atoms with Crippen molar-refractivity contribution in [3.63, 3.8) is 0 Å². The van der Waals surface area contributed by atoms with Gasteiger partial charge in [0.05, 0.1) is 23.1 Å². The van der Waals surface area contributed by atoms with E-state index >= 15 is 0 Å². The molecule has 0 atom stereocenters. The Labute approximate surface area is 86.7 Å². The first-order valence-corrected chi connectivity index (χ1v) is 5.07. The van der Waals surface area contributed by atoms with Crippen molar-refractivity contribution in [1.29, 1.82) is 0 Å². The third-order valence-electron chi connectivity index (χ3n) is 1.53. The lowest BCUT2D eigenvalue weighted by Crippen LogP contribution is -1.96. The molecule has 12 heavy (non-hydrogen) atoms. The molecule has 0 unspecified atom stereocenters. The minimum Gasteiger partial charge on any atom is -0.255 e. The van der Waals surface area contributed by atoms with E-state index < -0.39 is 0 Å². The van der Waals surface area contributed by atoms with E-state index in [9.17, 15) is 0 Å². The highest BCUT2D eigenvalue weighted by Gasteiger charge is 2.02. The van der Waals surface area contributed by atoms with Gasteiger partial charge in [0, 0.05) is 5.88 Å². The Kier molecular flexibility index (Phi) is 4.13. The van der Waals surface area contributed by atoms with Gasteiger partial charge in [-0.05, 0) is 11.6 Å². The Morgan fingerprint density at radius 1 is 1.00 bits per heavy atom. The zero-order valence-electron chi connectivity index (χ0n) is 6.36. The van der Waals surface area contributed by atoms with E-state index in [1.54, 1.807) is 0 Å². The van der Waals surface area contributed by atoms with Crippen molar-refractivity contribution in [3.05, 3.63) is 29.1 Å². The minimum absolute atomic E-state index is 0.382. The van der Waals surface area contributed by atoms with Crippen molar-refractivity contribution in [2.45, 2.75) is 17.6 Å². The molecule has 0 radical (unpaired) electrons. The fourth-order valence-electron chi connectivity index (χ4n) is 0.887.